The summed E-state index contributed by atoms with van der Waals surface area (Å²) in [7, 11) is 0. The van der Waals surface area contributed by atoms with Gasteiger partial charge in [0, 0.05) is 23.3 Å². The van der Waals surface area contributed by atoms with Crippen molar-refractivity contribution in [2.75, 3.05) is 0 Å². The SMILES string of the molecule is Cc1cc(Cl)nn2c([N+](=O)[O-])c(-c3ccc([N+](=O)[O-])cc3)nc12. The molecular weight excluding hydrogens is 326 g/mol. The number of imidazole rings is 1. The maximum Gasteiger partial charge on any atom is 0.376 e. The number of halogens is 1. The highest BCUT2D eigenvalue weighted by Gasteiger charge is 2.27. The number of benzene rings is 1. The molecule has 9 nitrogen and oxygen atoms in total. The first-order valence-electron chi connectivity index (χ1n) is 6.33. The molecule has 23 heavy (non-hydrogen) atoms. The van der Waals surface area contributed by atoms with Crippen LogP contribution in [0, 0.1) is 27.2 Å². The zero-order chi connectivity index (χ0) is 16.7. The molecule has 0 aliphatic carbocycles. The lowest BCUT2D eigenvalue weighted by Crippen LogP contribution is -2.00. The van der Waals surface area contributed by atoms with E-state index in [0.29, 0.717) is 16.8 Å². The maximum atomic E-state index is 11.4. The Morgan fingerprint density at radius 2 is 1.78 bits per heavy atom. The largest absolute Gasteiger partial charge is 0.376 e. The van der Waals surface area contributed by atoms with Gasteiger partial charge < -0.3 is 10.1 Å². The molecule has 0 radical (unpaired) electrons. The summed E-state index contributed by atoms with van der Waals surface area (Å²) in [6.45, 7) is 1.71. The maximum absolute atomic E-state index is 11.4. The number of nitro groups is 2. The fraction of sp³-hybridized carbons (Fsp3) is 0.0769. The number of aryl methyl sites for hydroxylation is 1. The van der Waals surface area contributed by atoms with Crippen molar-refractivity contribution in [2.45, 2.75) is 6.92 Å². The average Bonchev–Trinajstić information content (AvgIpc) is 2.87. The van der Waals surface area contributed by atoms with Crippen LogP contribution in [0.4, 0.5) is 11.5 Å². The summed E-state index contributed by atoms with van der Waals surface area (Å²) in [4.78, 5) is 25.2. The minimum absolute atomic E-state index is 0.0720. The second-order valence-corrected chi connectivity index (χ2v) is 5.12. The van der Waals surface area contributed by atoms with Crippen LogP contribution in [-0.2, 0) is 0 Å². The number of hydrogen-bond donors (Lipinski definition) is 0. The minimum atomic E-state index is -0.612. The third kappa shape index (κ3) is 2.46. The molecule has 3 rings (SSSR count). The Balaban J connectivity index is 2.28. The van der Waals surface area contributed by atoms with Crippen LogP contribution in [0.5, 0.6) is 0 Å². The zero-order valence-electron chi connectivity index (χ0n) is 11.6. The Morgan fingerprint density at radius 3 is 2.35 bits per heavy atom. The number of fused-ring (bicyclic) bond motifs is 1. The minimum Gasteiger partial charge on any atom is -0.358 e. The van der Waals surface area contributed by atoms with Gasteiger partial charge in [0.25, 0.3) is 11.3 Å². The van der Waals surface area contributed by atoms with Crippen molar-refractivity contribution in [1.29, 1.82) is 0 Å². The topological polar surface area (TPSA) is 116 Å². The summed E-state index contributed by atoms with van der Waals surface area (Å²) in [6.07, 6.45) is 0. The molecule has 0 N–H and O–H groups in total. The van der Waals surface area contributed by atoms with Gasteiger partial charge >= 0.3 is 5.82 Å². The molecule has 0 aliphatic rings. The Labute approximate surface area is 133 Å². The molecule has 0 atom stereocenters. The molecule has 2 aromatic heterocycles. The van der Waals surface area contributed by atoms with Crippen LogP contribution >= 0.6 is 11.6 Å². The summed E-state index contributed by atoms with van der Waals surface area (Å²) in [5.41, 5.74) is 1.26. The van der Waals surface area contributed by atoms with Gasteiger partial charge in [-0.3, -0.25) is 10.1 Å². The molecule has 0 spiro atoms. The van der Waals surface area contributed by atoms with Gasteiger partial charge in [-0.15, -0.1) is 0 Å². The number of nitro benzene ring substituents is 1. The fourth-order valence-electron chi connectivity index (χ4n) is 2.22. The molecule has 2 heterocycles. The van der Waals surface area contributed by atoms with Crippen molar-refractivity contribution in [3.05, 3.63) is 61.3 Å². The molecule has 0 fully saturated rings. The molecule has 116 valence electrons. The molecule has 0 saturated carbocycles. The molecule has 0 aliphatic heterocycles. The predicted octanol–water partition coefficient (Wildman–Crippen LogP) is 3.17. The predicted molar refractivity (Wildman–Crippen MR) is 81.5 cm³/mol. The quantitative estimate of drug-likeness (QED) is 0.536. The van der Waals surface area contributed by atoms with Crippen LogP contribution in [-0.4, -0.2) is 24.4 Å². The van der Waals surface area contributed by atoms with E-state index in [4.69, 9.17) is 11.6 Å². The van der Waals surface area contributed by atoms with Crippen molar-refractivity contribution in [3.8, 4) is 11.3 Å². The molecular formula is C13H8ClN5O4. The number of aromatic nitrogens is 3. The van der Waals surface area contributed by atoms with E-state index >= 15 is 0 Å². The van der Waals surface area contributed by atoms with Gasteiger partial charge in [-0.05, 0) is 30.0 Å². The first-order valence-corrected chi connectivity index (χ1v) is 6.71. The number of hydrogen-bond acceptors (Lipinski definition) is 6. The molecule has 1 aromatic carbocycles. The van der Waals surface area contributed by atoms with E-state index in [-0.39, 0.29) is 22.4 Å². The Morgan fingerprint density at radius 1 is 1.13 bits per heavy atom. The van der Waals surface area contributed by atoms with Gasteiger partial charge in [0.2, 0.25) is 0 Å². The first kappa shape index (κ1) is 14.9. The second kappa shape index (κ2) is 5.29. The van der Waals surface area contributed by atoms with Gasteiger partial charge in [-0.2, -0.15) is 4.98 Å². The van der Waals surface area contributed by atoms with Gasteiger partial charge in [-0.25, -0.2) is 0 Å². The highest BCUT2D eigenvalue weighted by molar-refractivity contribution is 6.29. The van der Waals surface area contributed by atoms with Crippen molar-refractivity contribution < 1.29 is 9.85 Å². The summed E-state index contributed by atoms with van der Waals surface area (Å²) in [6, 6.07) is 6.88. The normalized spacial score (nSPS) is 10.9. The summed E-state index contributed by atoms with van der Waals surface area (Å²) >= 11 is 5.85. The monoisotopic (exact) mass is 333 g/mol. The molecule has 0 saturated heterocycles. The lowest BCUT2D eigenvalue weighted by Gasteiger charge is -1.98. The van der Waals surface area contributed by atoms with Crippen molar-refractivity contribution in [2.24, 2.45) is 0 Å². The molecule has 10 heteroatoms. The van der Waals surface area contributed by atoms with Crippen molar-refractivity contribution >= 4 is 28.8 Å². The third-order valence-corrected chi connectivity index (χ3v) is 3.42. The van der Waals surface area contributed by atoms with E-state index in [1.165, 1.54) is 24.3 Å². The number of nitrogens with zero attached hydrogens (tertiary/aromatic N) is 5. The second-order valence-electron chi connectivity index (χ2n) is 4.73. The molecule has 0 amide bonds. The number of non-ortho nitro benzene ring substituents is 1. The fourth-order valence-corrected chi connectivity index (χ4v) is 2.46. The molecule has 0 bridgehead atoms. The van der Waals surface area contributed by atoms with E-state index in [1.54, 1.807) is 13.0 Å². The lowest BCUT2D eigenvalue weighted by atomic mass is 10.1. The lowest BCUT2D eigenvalue weighted by molar-refractivity contribution is -0.390. The van der Waals surface area contributed by atoms with Gasteiger partial charge in [-0.1, -0.05) is 21.2 Å². The van der Waals surface area contributed by atoms with E-state index in [2.05, 4.69) is 10.1 Å². The highest BCUT2D eigenvalue weighted by atomic mass is 35.5. The standard InChI is InChI=1S/C13H8ClN5O4/c1-7-6-10(14)16-17-12(7)15-11(13(17)19(22)23)8-2-4-9(5-3-8)18(20)21/h2-6H,1H3. The highest BCUT2D eigenvalue weighted by Crippen LogP contribution is 2.32. The Hall–Kier alpha value is -3.07. The van der Waals surface area contributed by atoms with Crippen molar-refractivity contribution in [1.82, 2.24) is 14.6 Å². The average molecular weight is 334 g/mol. The third-order valence-electron chi connectivity index (χ3n) is 3.24. The van der Waals surface area contributed by atoms with E-state index in [1.807, 2.05) is 0 Å². The van der Waals surface area contributed by atoms with Crippen LogP contribution in [0.25, 0.3) is 16.9 Å². The smallest absolute Gasteiger partial charge is 0.358 e. The Kier molecular flexibility index (Phi) is 3.41. The molecule has 3 aromatic rings. The van der Waals surface area contributed by atoms with E-state index < -0.39 is 9.85 Å². The summed E-state index contributed by atoms with van der Waals surface area (Å²) in [5.74, 6) is -0.348. The molecule has 0 unspecified atom stereocenters. The summed E-state index contributed by atoms with van der Waals surface area (Å²) in [5, 5.41) is 26.1. The van der Waals surface area contributed by atoms with E-state index in [0.717, 1.165) is 4.52 Å². The Bertz CT molecular complexity index is 951. The van der Waals surface area contributed by atoms with Crippen LogP contribution < -0.4 is 0 Å². The van der Waals surface area contributed by atoms with E-state index in [9.17, 15) is 20.2 Å². The van der Waals surface area contributed by atoms with Gasteiger partial charge in [0.15, 0.2) is 10.8 Å². The van der Waals surface area contributed by atoms with Gasteiger partial charge in [0.1, 0.15) is 0 Å². The first-order chi connectivity index (χ1) is 10.9. The number of rotatable bonds is 3. The zero-order valence-corrected chi connectivity index (χ0v) is 12.4. The van der Waals surface area contributed by atoms with Crippen LogP contribution in [0.3, 0.4) is 0 Å². The van der Waals surface area contributed by atoms with Crippen LogP contribution in [0.15, 0.2) is 30.3 Å². The van der Waals surface area contributed by atoms with Crippen LogP contribution in [0.2, 0.25) is 5.15 Å². The van der Waals surface area contributed by atoms with Gasteiger partial charge in [0.05, 0.1) is 4.92 Å². The van der Waals surface area contributed by atoms with Crippen LogP contribution in [0.1, 0.15) is 5.56 Å². The summed E-state index contributed by atoms with van der Waals surface area (Å²) < 4.78 is 1.06. The van der Waals surface area contributed by atoms with Crippen molar-refractivity contribution in [3.63, 3.8) is 0 Å².